The summed E-state index contributed by atoms with van der Waals surface area (Å²) in [6.07, 6.45) is 1.44. The van der Waals surface area contributed by atoms with Crippen molar-refractivity contribution in [1.82, 2.24) is 29.3 Å². The Labute approximate surface area is 258 Å². The first-order chi connectivity index (χ1) is 21.6. The van der Waals surface area contributed by atoms with Gasteiger partial charge < -0.3 is 19.3 Å². The number of likely N-dealkylation sites (N-methyl/N-ethyl adjacent to an activating group) is 1. The van der Waals surface area contributed by atoms with Gasteiger partial charge in [-0.15, -0.1) is 0 Å². The maximum atomic E-state index is 13.7. The fraction of sp³-hybridized carbons (Fsp3) is 0.375. The van der Waals surface area contributed by atoms with Crippen LogP contribution in [0.25, 0.3) is 22.3 Å². The Morgan fingerprint density at radius 2 is 1.78 bits per heavy atom. The molecule has 1 aliphatic heterocycles. The number of nitrogens with one attached hydrogen (secondary N) is 2. The Kier molecular flexibility index (Phi) is 8.11. The van der Waals surface area contributed by atoms with Crippen LogP contribution in [0.3, 0.4) is 0 Å². The number of aromatic amines is 1. The highest BCUT2D eigenvalue weighted by Crippen LogP contribution is 2.44. The number of aliphatic carboxylic acids is 1. The molecule has 0 unspecified atom stereocenters. The lowest BCUT2D eigenvalue weighted by molar-refractivity contribution is -0.138. The SMILES string of the molecule is CC(C)C(=O)Nc1nc2c(ncn2[C@@H]2C[C@@H](CN(C)CC(=O)O)N(C(=O)OCC3c4ccccc4-c4ccccc43)C2)c(=O)[nH]1. The van der Waals surface area contributed by atoms with Crippen molar-refractivity contribution in [2.45, 2.75) is 38.3 Å². The van der Waals surface area contributed by atoms with Crippen LogP contribution in [0.15, 0.2) is 59.7 Å². The van der Waals surface area contributed by atoms with Crippen LogP contribution in [-0.2, 0) is 14.3 Å². The summed E-state index contributed by atoms with van der Waals surface area (Å²) < 4.78 is 7.72. The number of carboxylic acids is 1. The second-order valence-corrected chi connectivity index (χ2v) is 12.0. The zero-order valence-corrected chi connectivity index (χ0v) is 25.3. The van der Waals surface area contributed by atoms with E-state index >= 15 is 0 Å². The zero-order chi connectivity index (χ0) is 31.8. The van der Waals surface area contributed by atoms with Gasteiger partial charge in [0.1, 0.15) is 6.61 Å². The zero-order valence-electron chi connectivity index (χ0n) is 25.3. The maximum absolute atomic E-state index is 13.7. The molecule has 6 rings (SSSR count). The van der Waals surface area contributed by atoms with Gasteiger partial charge >= 0.3 is 12.1 Å². The number of amides is 2. The molecule has 3 N–H and O–H groups in total. The molecule has 13 nitrogen and oxygen atoms in total. The maximum Gasteiger partial charge on any atom is 0.410 e. The number of benzene rings is 2. The number of carboxylic acid groups (broad SMARTS) is 1. The topological polar surface area (TPSA) is 163 Å². The van der Waals surface area contributed by atoms with Crippen LogP contribution in [0.4, 0.5) is 10.7 Å². The van der Waals surface area contributed by atoms with Crippen LogP contribution < -0.4 is 10.9 Å². The number of nitrogens with zero attached hydrogens (tertiary/aromatic N) is 5. The number of hydrogen-bond acceptors (Lipinski definition) is 8. The molecular formula is C32H35N7O6. The molecule has 45 heavy (non-hydrogen) atoms. The average molecular weight is 614 g/mol. The normalized spacial score (nSPS) is 17.6. The largest absolute Gasteiger partial charge is 0.480 e. The van der Waals surface area contributed by atoms with E-state index in [-0.39, 0.29) is 66.6 Å². The van der Waals surface area contributed by atoms with E-state index < -0.39 is 17.6 Å². The predicted octanol–water partition coefficient (Wildman–Crippen LogP) is 3.30. The lowest BCUT2D eigenvalue weighted by Gasteiger charge is -2.27. The van der Waals surface area contributed by atoms with Gasteiger partial charge in [0, 0.05) is 31.0 Å². The molecule has 1 fully saturated rings. The van der Waals surface area contributed by atoms with Gasteiger partial charge in [0.25, 0.3) is 5.56 Å². The van der Waals surface area contributed by atoms with E-state index in [0.29, 0.717) is 13.0 Å². The number of hydrogen-bond donors (Lipinski definition) is 3. The van der Waals surface area contributed by atoms with Gasteiger partial charge in [-0.1, -0.05) is 62.4 Å². The summed E-state index contributed by atoms with van der Waals surface area (Å²) in [6, 6.07) is 15.5. The first-order valence-electron chi connectivity index (χ1n) is 14.9. The summed E-state index contributed by atoms with van der Waals surface area (Å²) >= 11 is 0. The third-order valence-corrected chi connectivity index (χ3v) is 8.48. The first kappa shape index (κ1) is 30.0. The molecule has 3 heterocycles. The molecule has 1 aliphatic carbocycles. The van der Waals surface area contributed by atoms with Crippen LogP contribution in [-0.4, -0.2) is 91.7 Å². The molecule has 4 aromatic rings. The lowest BCUT2D eigenvalue weighted by atomic mass is 9.98. The Morgan fingerprint density at radius 3 is 2.42 bits per heavy atom. The molecule has 1 saturated heterocycles. The van der Waals surface area contributed by atoms with E-state index in [9.17, 15) is 24.3 Å². The molecule has 0 bridgehead atoms. The summed E-state index contributed by atoms with van der Waals surface area (Å²) in [5, 5.41) is 12.0. The predicted molar refractivity (Wildman–Crippen MR) is 166 cm³/mol. The molecule has 0 radical (unpaired) electrons. The number of aromatic nitrogens is 4. The van der Waals surface area contributed by atoms with Crippen molar-refractivity contribution in [2.75, 3.05) is 38.6 Å². The summed E-state index contributed by atoms with van der Waals surface area (Å²) in [7, 11) is 1.69. The number of H-pyrrole nitrogens is 1. The first-order valence-corrected chi connectivity index (χ1v) is 14.9. The second-order valence-electron chi connectivity index (χ2n) is 12.0. The van der Waals surface area contributed by atoms with Crippen LogP contribution in [0.1, 0.15) is 43.4 Å². The molecule has 2 aromatic heterocycles. The molecule has 2 aromatic carbocycles. The van der Waals surface area contributed by atoms with E-state index in [4.69, 9.17) is 4.74 Å². The number of carbonyl (C=O) groups excluding carboxylic acids is 2. The highest BCUT2D eigenvalue weighted by molar-refractivity contribution is 5.91. The van der Waals surface area contributed by atoms with Crippen molar-refractivity contribution < 1.29 is 24.2 Å². The molecule has 2 atom stereocenters. The summed E-state index contributed by atoms with van der Waals surface area (Å²) in [5.41, 5.74) is 4.34. The fourth-order valence-electron chi connectivity index (χ4n) is 6.34. The standard InChI is InChI=1S/C32H35N7O6/c1-18(2)29(42)35-31-34-28-27(30(43)36-31)33-17-39(28)20-12-19(13-37(3)15-26(40)41)38(14-20)32(44)45-16-25-23-10-6-4-8-21(23)22-9-5-7-11-24(22)25/h4-11,17-20,25H,12-16H2,1-3H3,(H,40,41)(H2,34,35,36,42,43)/t19-,20+/m0/s1. The van der Waals surface area contributed by atoms with Gasteiger partial charge in [0.05, 0.1) is 18.9 Å². The molecular weight excluding hydrogens is 578 g/mol. The molecule has 13 heteroatoms. The van der Waals surface area contributed by atoms with Crippen molar-refractivity contribution in [2.24, 2.45) is 5.92 Å². The van der Waals surface area contributed by atoms with E-state index in [1.165, 1.54) is 6.33 Å². The number of anilines is 1. The van der Waals surface area contributed by atoms with Crippen LogP contribution in [0, 0.1) is 5.92 Å². The van der Waals surface area contributed by atoms with E-state index in [0.717, 1.165) is 22.3 Å². The van der Waals surface area contributed by atoms with Crippen molar-refractivity contribution in [3.63, 3.8) is 0 Å². The van der Waals surface area contributed by atoms with Crippen molar-refractivity contribution in [3.8, 4) is 11.1 Å². The van der Waals surface area contributed by atoms with E-state index in [2.05, 4.69) is 44.5 Å². The van der Waals surface area contributed by atoms with Crippen LogP contribution in [0.2, 0.25) is 0 Å². The minimum atomic E-state index is -0.972. The molecule has 234 valence electrons. The highest BCUT2D eigenvalue weighted by Gasteiger charge is 2.39. The van der Waals surface area contributed by atoms with Gasteiger partial charge in [0.15, 0.2) is 11.2 Å². The summed E-state index contributed by atoms with van der Waals surface area (Å²) in [4.78, 5) is 64.8. The van der Waals surface area contributed by atoms with Gasteiger partial charge in [-0.25, -0.2) is 9.78 Å². The number of likely N-dealkylation sites (tertiary alicyclic amines) is 1. The Bertz CT molecular complexity index is 1790. The molecule has 2 aliphatic rings. The lowest BCUT2D eigenvalue weighted by Crippen LogP contribution is -2.43. The number of carbonyl (C=O) groups is 3. The Hall–Kier alpha value is -5.04. The highest BCUT2D eigenvalue weighted by atomic mass is 16.6. The van der Waals surface area contributed by atoms with Crippen LogP contribution in [0.5, 0.6) is 0 Å². The van der Waals surface area contributed by atoms with Crippen LogP contribution >= 0.6 is 0 Å². The smallest absolute Gasteiger partial charge is 0.410 e. The second kappa shape index (κ2) is 12.2. The minimum Gasteiger partial charge on any atom is -0.480 e. The summed E-state index contributed by atoms with van der Waals surface area (Å²) in [5.74, 6) is -1.69. The third kappa shape index (κ3) is 5.90. The number of fused-ring (bicyclic) bond motifs is 4. The van der Waals surface area contributed by atoms with Gasteiger partial charge in [-0.05, 0) is 35.7 Å². The van der Waals surface area contributed by atoms with Crippen molar-refractivity contribution in [3.05, 3.63) is 76.3 Å². The minimum absolute atomic E-state index is 0.0112. The molecule has 0 spiro atoms. The Morgan fingerprint density at radius 1 is 1.11 bits per heavy atom. The van der Waals surface area contributed by atoms with Gasteiger partial charge in [0.2, 0.25) is 11.9 Å². The van der Waals surface area contributed by atoms with E-state index in [1.54, 1.807) is 35.3 Å². The summed E-state index contributed by atoms with van der Waals surface area (Å²) in [6.45, 7) is 3.95. The fourth-order valence-corrected chi connectivity index (χ4v) is 6.34. The number of ether oxygens (including phenoxy) is 1. The van der Waals surface area contributed by atoms with Crippen molar-refractivity contribution >= 4 is 35.1 Å². The Balaban J connectivity index is 1.25. The average Bonchev–Trinajstić information content (AvgIpc) is 3.69. The van der Waals surface area contributed by atoms with Gasteiger partial charge in [-0.2, -0.15) is 4.98 Å². The third-order valence-electron chi connectivity index (χ3n) is 8.48. The number of imidazole rings is 1. The molecule has 0 saturated carbocycles. The van der Waals surface area contributed by atoms with Crippen molar-refractivity contribution in [1.29, 1.82) is 0 Å². The monoisotopic (exact) mass is 613 g/mol. The molecule has 2 amide bonds. The number of rotatable bonds is 9. The van der Waals surface area contributed by atoms with Gasteiger partial charge in [-0.3, -0.25) is 29.6 Å². The quantitative estimate of drug-likeness (QED) is 0.257. The van der Waals surface area contributed by atoms with E-state index in [1.807, 2.05) is 24.3 Å².